The van der Waals surface area contributed by atoms with E-state index in [1.54, 1.807) is 0 Å². The number of rotatable bonds is 5. The lowest BCUT2D eigenvalue weighted by Crippen LogP contribution is -2.29. The molecule has 0 radical (unpaired) electrons. The largest absolute Gasteiger partial charge is 0.356 e. The minimum Gasteiger partial charge on any atom is -0.356 e. The zero-order valence-electron chi connectivity index (χ0n) is 10.6. The quantitative estimate of drug-likeness (QED) is 0.859. The highest BCUT2D eigenvalue weighted by molar-refractivity contribution is 5.78. The Hall–Kier alpha value is -1.71. The summed E-state index contributed by atoms with van der Waals surface area (Å²) in [5.74, 6) is -1.16. The van der Waals surface area contributed by atoms with Crippen LogP contribution in [0, 0.1) is 17.6 Å². The molecule has 1 amide bonds. The number of amides is 1. The number of nitrogens with one attached hydrogen (secondary N) is 1. The van der Waals surface area contributed by atoms with Gasteiger partial charge in [0.05, 0.1) is 6.42 Å². The summed E-state index contributed by atoms with van der Waals surface area (Å²) < 4.78 is 27.0. The van der Waals surface area contributed by atoms with E-state index < -0.39 is 11.6 Å². The molecular weight excluding hydrogens is 236 g/mol. The van der Waals surface area contributed by atoms with Crippen LogP contribution in [0.3, 0.4) is 0 Å². The number of carbonyl (C=O) groups excluding carboxylic acids is 1. The average molecular weight is 253 g/mol. The SMILES string of the molecule is C=Cc1cc(F)c(CC(=O)NCC(C)C)cc1F. The monoisotopic (exact) mass is 253 g/mol. The molecule has 0 aliphatic carbocycles. The average Bonchev–Trinajstić information content (AvgIpc) is 2.30. The van der Waals surface area contributed by atoms with Crippen molar-refractivity contribution in [1.82, 2.24) is 5.32 Å². The Morgan fingerprint density at radius 1 is 1.39 bits per heavy atom. The van der Waals surface area contributed by atoms with Gasteiger partial charge in [-0.2, -0.15) is 0 Å². The Bertz CT molecular complexity index is 455. The van der Waals surface area contributed by atoms with Gasteiger partial charge in [0.25, 0.3) is 0 Å². The van der Waals surface area contributed by atoms with Crippen molar-refractivity contribution in [2.24, 2.45) is 5.92 Å². The Morgan fingerprint density at radius 2 is 2.06 bits per heavy atom. The van der Waals surface area contributed by atoms with Crippen molar-refractivity contribution < 1.29 is 13.6 Å². The smallest absolute Gasteiger partial charge is 0.224 e. The maximum absolute atomic E-state index is 13.6. The molecule has 0 saturated heterocycles. The molecular formula is C14H17F2NO. The van der Waals surface area contributed by atoms with Gasteiger partial charge in [0.2, 0.25) is 5.91 Å². The molecule has 0 fully saturated rings. The first-order valence-corrected chi connectivity index (χ1v) is 5.81. The molecule has 1 rings (SSSR count). The lowest BCUT2D eigenvalue weighted by Gasteiger charge is -2.09. The lowest BCUT2D eigenvalue weighted by molar-refractivity contribution is -0.120. The predicted octanol–water partition coefficient (Wildman–Crippen LogP) is 2.92. The highest BCUT2D eigenvalue weighted by atomic mass is 19.1. The minimum atomic E-state index is -0.592. The number of halogens is 2. The molecule has 0 unspecified atom stereocenters. The minimum absolute atomic E-state index is 0.0550. The van der Waals surface area contributed by atoms with Crippen LogP contribution in [-0.2, 0) is 11.2 Å². The second-order valence-electron chi connectivity index (χ2n) is 4.54. The van der Waals surface area contributed by atoms with Gasteiger partial charge >= 0.3 is 0 Å². The van der Waals surface area contributed by atoms with E-state index in [1.165, 1.54) is 6.08 Å². The Morgan fingerprint density at radius 3 is 2.61 bits per heavy atom. The number of hydrogen-bond donors (Lipinski definition) is 1. The van der Waals surface area contributed by atoms with Gasteiger partial charge in [0.1, 0.15) is 11.6 Å². The molecule has 0 spiro atoms. The first-order chi connectivity index (χ1) is 8.43. The zero-order valence-corrected chi connectivity index (χ0v) is 10.6. The molecule has 0 bridgehead atoms. The van der Waals surface area contributed by atoms with E-state index in [2.05, 4.69) is 11.9 Å². The van der Waals surface area contributed by atoms with Crippen LogP contribution >= 0.6 is 0 Å². The van der Waals surface area contributed by atoms with E-state index in [0.717, 1.165) is 12.1 Å². The van der Waals surface area contributed by atoms with E-state index in [1.807, 2.05) is 13.8 Å². The van der Waals surface area contributed by atoms with Crippen molar-refractivity contribution >= 4 is 12.0 Å². The van der Waals surface area contributed by atoms with Crippen LogP contribution in [0.25, 0.3) is 6.08 Å². The third kappa shape index (κ3) is 3.95. The summed E-state index contributed by atoms with van der Waals surface area (Å²) in [5.41, 5.74) is 0.151. The predicted molar refractivity (Wildman–Crippen MR) is 68.0 cm³/mol. The summed E-state index contributed by atoms with van der Waals surface area (Å²) in [4.78, 5) is 11.5. The highest BCUT2D eigenvalue weighted by Gasteiger charge is 2.12. The Balaban J connectivity index is 2.76. The second-order valence-corrected chi connectivity index (χ2v) is 4.54. The summed E-state index contributed by atoms with van der Waals surface area (Å²) in [7, 11) is 0. The van der Waals surface area contributed by atoms with Gasteiger partial charge < -0.3 is 5.32 Å². The molecule has 1 aromatic rings. The molecule has 0 aliphatic heterocycles. The van der Waals surface area contributed by atoms with Crippen LogP contribution < -0.4 is 5.32 Å². The van der Waals surface area contributed by atoms with E-state index in [-0.39, 0.29) is 23.5 Å². The van der Waals surface area contributed by atoms with Gasteiger partial charge in [-0.3, -0.25) is 4.79 Å². The van der Waals surface area contributed by atoms with Gasteiger partial charge in [0.15, 0.2) is 0 Å². The summed E-state index contributed by atoms with van der Waals surface area (Å²) in [5, 5.41) is 2.66. The fraction of sp³-hybridized carbons (Fsp3) is 0.357. The van der Waals surface area contributed by atoms with Crippen LogP contribution in [-0.4, -0.2) is 12.5 Å². The molecule has 98 valence electrons. The van der Waals surface area contributed by atoms with Gasteiger partial charge in [-0.15, -0.1) is 0 Å². The molecule has 0 heterocycles. The maximum Gasteiger partial charge on any atom is 0.224 e. The van der Waals surface area contributed by atoms with E-state index >= 15 is 0 Å². The summed E-state index contributed by atoms with van der Waals surface area (Å²) >= 11 is 0. The summed E-state index contributed by atoms with van der Waals surface area (Å²) in [6.07, 6.45) is 1.08. The normalized spacial score (nSPS) is 10.5. The van der Waals surface area contributed by atoms with Crippen molar-refractivity contribution in [2.75, 3.05) is 6.54 Å². The van der Waals surface area contributed by atoms with Gasteiger partial charge in [-0.25, -0.2) is 8.78 Å². The van der Waals surface area contributed by atoms with E-state index in [4.69, 9.17) is 0 Å². The van der Waals surface area contributed by atoms with Crippen LogP contribution in [0.1, 0.15) is 25.0 Å². The van der Waals surface area contributed by atoms with Gasteiger partial charge in [0, 0.05) is 17.7 Å². The van der Waals surface area contributed by atoms with Crippen molar-refractivity contribution in [1.29, 1.82) is 0 Å². The van der Waals surface area contributed by atoms with Crippen LogP contribution in [0.5, 0.6) is 0 Å². The molecule has 18 heavy (non-hydrogen) atoms. The van der Waals surface area contributed by atoms with Crippen molar-refractivity contribution in [2.45, 2.75) is 20.3 Å². The van der Waals surface area contributed by atoms with Crippen LogP contribution in [0.15, 0.2) is 18.7 Å². The third-order valence-electron chi connectivity index (χ3n) is 2.44. The van der Waals surface area contributed by atoms with Crippen molar-refractivity contribution in [3.63, 3.8) is 0 Å². The molecule has 0 aliphatic rings. The first kappa shape index (κ1) is 14.4. The maximum atomic E-state index is 13.6. The topological polar surface area (TPSA) is 29.1 Å². The number of carbonyl (C=O) groups is 1. The second kappa shape index (κ2) is 6.28. The van der Waals surface area contributed by atoms with E-state index in [0.29, 0.717) is 12.5 Å². The molecule has 2 nitrogen and oxygen atoms in total. The molecule has 0 aromatic heterocycles. The zero-order chi connectivity index (χ0) is 13.7. The number of benzene rings is 1. The van der Waals surface area contributed by atoms with Gasteiger partial charge in [-0.05, 0) is 18.1 Å². The van der Waals surface area contributed by atoms with Crippen molar-refractivity contribution in [3.05, 3.63) is 41.5 Å². The third-order valence-corrected chi connectivity index (χ3v) is 2.44. The molecule has 4 heteroatoms. The fourth-order valence-corrected chi connectivity index (χ4v) is 1.45. The van der Waals surface area contributed by atoms with E-state index in [9.17, 15) is 13.6 Å². The molecule has 0 atom stereocenters. The first-order valence-electron chi connectivity index (χ1n) is 5.81. The van der Waals surface area contributed by atoms with Crippen molar-refractivity contribution in [3.8, 4) is 0 Å². The van der Waals surface area contributed by atoms with Crippen LogP contribution in [0.4, 0.5) is 8.78 Å². The van der Waals surface area contributed by atoms with Gasteiger partial charge in [-0.1, -0.05) is 26.5 Å². The lowest BCUT2D eigenvalue weighted by atomic mass is 10.1. The number of hydrogen-bond acceptors (Lipinski definition) is 1. The highest BCUT2D eigenvalue weighted by Crippen LogP contribution is 2.16. The summed E-state index contributed by atoms with van der Waals surface area (Å²) in [6, 6.07) is 2.09. The van der Waals surface area contributed by atoms with Crippen LogP contribution in [0.2, 0.25) is 0 Å². The fourth-order valence-electron chi connectivity index (χ4n) is 1.45. The Kier molecular flexibility index (Phi) is 5.01. The molecule has 1 N–H and O–H groups in total. The summed E-state index contributed by atoms with van der Waals surface area (Å²) in [6.45, 7) is 7.82. The Labute approximate surface area is 106 Å². The molecule has 1 aromatic carbocycles. The standard InChI is InChI=1S/C14H17F2NO/c1-4-10-5-13(16)11(6-12(10)15)7-14(18)17-8-9(2)3/h4-6,9H,1,7-8H2,2-3H3,(H,17,18). The molecule has 0 saturated carbocycles.